The number of nitrogens with zero attached hydrogens (tertiary/aromatic N) is 2. The number of hydrogen-bond donors (Lipinski definition) is 1. The van der Waals surface area contributed by atoms with E-state index in [2.05, 4.69) is 15.4 Å². The molecule has 0 bridgehead atoms. The Balaban J connectivity index is 2.34. The van der Waals surface area contributed by atoms with E-state index in [4.69, 9.17) is 0 Å². The first kappa shape index (κ1) is 9.89. The Hall–Kier alpha value is -2.30. The Labute approximate surface area is 96.9 Å². The lowest BCUT2D eigenvalue weighted by molar-refractivity contribution is 0.0974. The second kappa shape index (κ2) is 3.10. The van der Waals surface area contributed by atoms with E-state index < -0.39 is 0 Å². The van der Waals surface area contributed by atoms with Crippen LogP contribution in [0.3, 0.4) is 0 Å². The van der Waals surface area contributed by atoms with Crippen LogP contribution >= 0.6 is 0 Å². The van der Waals surface area contributed by atoms with Crippen molar-refractivity contribution in [1.82, 2.24) is 15.4 Å². The van der Waals surface area contributed by atoms with Crippen LogP contribution in [0.5, 0.6) is 0 Å². The van der Waals surface area contributed by atoms with Crippen molar-refractivity contribution in [2.45, 2.75) is 13.8 Å². The van der Waals surface area contributed by atoms with E-state index in [0.717, 1.165) is 11.1 Å². The van der Waals surface area contributed by atoms with E-state index in [1.165, 1.54) is 0 Å². The molecule has 84 valence electrons. The third-order valence-corrected chi connectivity index (χ3v) is 3.11. The van der Waals surface area contributed by atoms with Gasteiger partial charge in [0.2, 0.25) is 11.6 Å². The molecule has 1 N–H and O–H groups in total. The zero-order valence-corrected chi connectivity index (χ0v) is 9.37. The summed E-state index contributed by atoms with van der Waals surface area (Å²) in [5.41, 5.74) is 3.12. The van der Waals surface area contributed by atoms with Gasteiger partial charge in [-0.2, -0.15) is 0 Å². The van der Waals surface area contributed by atoms with Crippen LogP contribution in [0.25, 0.3) is 0 Å². The van der Waals surface area contributed by atoms with Crippen LogP contribution in [-0.2, 0) is 0 Å². The maximum Gasteiger partial charge on any atom is 0.216 e. The smallest absolute Gasteiger partial charge is 0.216 e. The molecule has 1 aliphatic carbocycles. The molecule has 0 saturated carbocycles. The van der Waals surface area contributed by atoms with E-state index in [1.54, 1.807) is 12.1 Å². The Morgan fingerprint density at radius 1 is 1.00 bits per heavy atom. The number of nitrogens with one attached hydrogen (secondary N) is 1. The summed E-state index contributed by atoms with van der Waals surface area (Å²) in [6.45, 7) is 3.82. The van der Waals surface area contributed by atoms with Crippen LogP contribution in [0.2, 0.25) is 0 Å². The number of aryl methyl sites for hydroxylation is 2. The van der Waals surface area contributed by atoms with Gasteiger partial charge >= 0.3 is 0 Å². The van der Waals surface area contributed by atoms with Gasteiger partial charge in [0.1, 0.15) is 5.69 Å². The molecular weight excluding hydrogens is 218 g/mol. The zero-order chi connectivity index (χ0) is 12.2. The Kier molecular flexibility index (Phi) is 1.80. The predicted octanol–water partition coefficient (Wildman–Crippen LogP) is 1.20. The number of rotatable bonds is 0. The number of aromatic amines is 1. The van der Waals surface area contributed by atoms with Gasteiger partial charge in [0.15, 0.2) is 5.69 Å². The lowest BCUT2D eigenvalue weighted by Gasteiger charge is -2.14. The van der Waals surface area contributed by atoms with Gasteiger partial charge in [0.05, 0.1) is 0 Å². The second-order valence-corrected chi connectivity index (χ2v) is 4.18. The molecule has 1 aliphatic rings. The van der Waals surface area contributed by atoms with Crippen LogP contribution in [-0.4, -0.2) is 27.0 Å². The second-order valence-electron chi connectivity index (χ2n) is 4.18. The lowest BCUT2D eigenvalue weighted by Crippen LogP contribution is -2.21. The number of benzene rings is 1. The summed E-state index contributed by atoms with van der Waals surface area (Å²) in [6, 6.07) is 3.48. The van der Waals surface area contributed by atoms with Crippen LogP contribution in [0, 0.1) is 13.8 Å². The number of H-pyrrole nitrogens is 1. The fourth-order valence-electron chi connectivity index (χ4n) is 2.00. The van der Waals surface area contributed by atoms with E-state index >= 15 is 0 Å². The number of carbonyl (C=O) groups is 2. The monoisotopic (exact) mass is 227 g/mol. The molecule has 0 saturated heterocycles. The predicted molar refractivity (Wildman–Crippen MR) is 59.2 cm³/mol. The van der Waals surface area contributed by atoms with Gasteiger partial charge in [-0.15, -0.1) is 5.10 Å². The standard InChI is InChI=1S/C12H9N3O2/c1-5-3-7-8(4-6(5)2)12(17)10-9(11(7)16)13-15-14-10/h3-4H,1-2H3,(H,13,14,15). The van der Waals surface area contributed by atoms with Gasteiger partial charge in [0, 0.05) is 11.1 Å². The molecule has 2 aromatic rings. The molecule has 5 nitrogen and oxygen atoms in total. The first-order chi connectivity index (χ1) is 8.09. The Bertz CT molecular complexity index is 615. The van der Waals surface area contributed by atoms with Gasteiger partial charge < -0.3 is 0 Å². The minimum absolute atomic E-state index is 0.116. The van der Waals surface area contributed by atoms with E-state index in [0.29, 0.717) is 11.1 Å². The first-order valence-corrected chi connectivity index (χ1v) is 5.21. The number of carbonyl (C=O) groups excluding carboxylic acids is 2. The Morgan fingerprint density at radius 2 is 1.59 bits per heavy atom. The minimum atomic E-state index is -0.244. The lowest BCUT2D eigenvalue weighted by atomic mass is 9.87. The molecule has 0 unspecified atom stereocenters. The number of fused-ring (bicyclic) bond motifs is 2. The third-order valence-electron chi connectivity index (χ3n) is 3.11. The summed E-state index contributed by atoms with van der Waals surface area (Å²) >= 11 is 0. The zero-order valence-electron chi connectivity index (χ0n) is 9.37. The molecule has 0 spiro atoms. The van der Waals surface area contributed by atoms with Gasteiger partial charge in [-0.25, -0.2) is 0 Å². The molecule has 1 aromatic heterocycles. The van der Waals surface area contributed by atoms with Crippen molar-refractivity contribution in [3.05, 3.63) is 45.8 Å². The molecule has 0 aliphatic heterocycles. The highest BCUT2D eigenvalue weighted by Gasteiger charge is 2.33. The maximum atomic E-state index is 12.1. The quantitative estimate of drug-likeness (QED) is 0.626. The highest BCUT2D eigenvalue weighted by Crippen LogP contribution is 2.26. The number of ketones is 2. The number of hydrogen-bond acceptors (Lipinski definition) is 4. The molecule has 0 fully saturated rings. The van der Waals surface area contributed by atoms with Crippen LogP contribution in [0.4, 0.5) is 0 Å². The molecule has 0 atom stereocenters. The molecule has 0 radical (unpaired) electrons. The molecule has 0 amide bonds. The summed E-state index contributed by atoms with van der Waals surface area (Å²) in [5.74, 6) is -0.464. The maximum absolute atomic E-state index is 12.1. The summed E-state index contributed by atoms with van der Waals surface area (Å²) in [6.07, 6.45) is 0. The molecule has 3 rings (SSSR count). The average Bonchev–Trinajstić information content (AvgIpc) is 2.78. The van der Waals surface area contributed by atoms with Crippen molar-refractivity contribution in [3.8, 4) is 0 Å². The van der Waals surface area contributed by atoms with Crippen LogP contribution in [0.15, 0.2) is 12.1 Å². The van der Waals surface area contributed by atoms with Gasteiger partial charge in [-0.05, 0) is 37.1 Å². The molecule has 5 heteroatoms. The largest absolute Gasteiger partial charge is 0.287 e. The summed E-state index contributed by atoms with van der Waals surface area (Å²) < 4.78 is 0. The molecular formula is C12H9N3O2. The Morgan fingerprint density at radius 3 is 2.24 bits per heavy atom. The number of aromatic nitrogens is 3. The highest BCUT2D eigenvalue weighted by atomic mass is 16.1. The van der Waals surface area contributed by atoms with E-state index in [9.17, 15) is 9.59 Å². The van der Waals surface area contributed by atoms with Crippen molar-refractivity contribution in [2.75, 3.05) is 0 Å². The molecule has 1 heterocycles. The summed E-state index contributed by atoms with van der Waals surface area (Å²) in [7, 11) is 0. The highest BCUT2D eigenvalue weighted by molar-refractivity contribution is 6.26. The minimum Gasteiger partial charge on any atom is -0.287 e. The van der Waals surface area contributed by atoms with Crippen LogP contribution < -0.4 is 0 Å². The van der Waals surface area contributed by atoms with Crippen molar-refractivity contribution in [2.24, 2.45) is 0 Å². The fourth-order valence-corrected chi connectivity index (χ4v) is 2.00. The van der Waals surface area contributed by atoms with Gasteiger partial charge in [-0.3, -0.25) is 14.7 Å². The van der Waals surface area contributed by atoms with Gasteiger partial charge in [0.25, 0.3) is 0 Å². The van der Waals surface area contributed by atoms with Crippen molar-refractivity contribution < 1.29 is 9.59 Å². The van der Waals surface area contributed by atoms with Crippen molar-refractivity contribution in [1.29, 1.82) is 0 Å². The summed E-state index contributed by atoms with van der Waals surface area (Å²) in [4.78, 5) is 24.2. The van der Waals surface area contributed by atoms with Crippen molar-refractivity contribution in [3.63, 3.8) is 0 Å². The third kappa shape index (κ3) is 1.19. The average molecular weight is 227 g/mol. The topological polar surface area (TPSA) is 75.7 Å². The molecule has 17 heavy (non-hydrogen) atoms. The van der Waals surface area contributed by atoms with Crippen LogP contribution in [0.1, 0.15) is 43.2 Å². The van der Waals surface area contributed by atoms with E-state index in [1.807, 2.05) is 13.8 Å². The SMILES string of the molecule is Cc1cc2c(cc1C)C(=O)c1[nH]nnc1C2=O. The first-order valence-electron chi connectivity index (χ1n) is 5.21. The normalized spacial score (nSPS) is 13.5. The van der Waals surface area contributed by atoms with Gasteiger partial charge in [-0.1, -0.05) is 5.21 Å². The van der Waals surface area contributed by atoms with Crippen molar-refractivity contribution >= 4 is 11.6 Å². The molecule has 1 aromatic carbocycles. The summed E-state index contributed by atoms with van der Waals surface area (Å²) in [5, 5.41) is 9.66. The van der Waals surface area contributed by atoms with E-state index in [-0.39, 0.29) is 23.0 Å². The fraction of sp³-hybridized carbons (Fsp3) is 0.167.